The Morgan fingerprint density at radius 1 is 1.31 bits per heavy atom. The Balaban J connectivity index is 2.48. The summed E-state index contributed by atoms with van der Waals surface area (Å²) in [6, 6.07) is 9.38. The standard InChI is InChI=1S/C15H19N/c1-5-12-11(4)13-8-6-7-9-14(13)15(12)16-10(2)3/h5-10,15-16H,1H2,2-4H3. The minimum absolute atomic E-state index is 0.314. The van der Waals surface area contributed by atoms with Crippen molar-refractivity contribution in [2.75, 3.05) is 0 Å². The predicted molar refractivity (Wildman–Crippen MR) is 70.2 cm³/mol. The molecule has 1 heteroatoms. The fourth-order valence-corrected chi connectivity index (χ4v) is 2.41. The number of hydrogen-bond acceptors (Lipinski definition) is 1. The molecule has 1 aromatic carbocycles. The predicted octanol–water partition coefficient (Wildman–Crippen LogP) is 3.70. The molecule has 1 aromatic rings. The number of allylic oxidation sites excluding steroid dienone is 1. The number of hydrogen-bond donors (Lipinski definition) is 1. The quantitative estimate of drug-likeness (QED) is 0.807. The van der Waals surface area contributed by atoms with Crippen LogP contribution in [0.3, 0.4) is 0 Å². The molecule has 1 unspecified atom stereocenters. The van der Waals surface area contributed by atoms with Gasteiger partial charge in [-0.15, -0.1) is 0 Å². The summed E-state index contributed by atoms with van der Waals surface area (Å²) in [6.07, 6.45) is 1.98. The third-order valence-electron chi connectivity index (χ3n) is 3.14. The molecule has 0 saturated heterocycles. The van der Waals surface area contributed by atoms with Crippen LogP contribution in [0.2, 0.25) is 0 Å². The highest BCUT2D eigenvalue weighted by molar-refractivity contribution is 5.78. The first-order chi connectivity index (χ1) is 7.65. The minimum atomic E-state index is 0.314. The Labute approximate surface area is 97.9 Å². The van der Waals surface area contributed by atoms with Crippen LogP contribution in [0.25, 0.3) is 5.57 Å². The van der Waals surface area contributed by atoms with E-state index < -0.39 is 0 Å². The Morgan fingerprint density at radius 3 is 2.62 bits per heavy atom. The maximum atomic E-state index is 3.94. The zero-order chi connectivity index (χ0) is 11.7. The van der Waals surface area contributed by atoms with Gasteiger partial charge in [-0.3, -0.25) is 0 Å². The summed E-state index contributed by atoms with van der Waals surface area (Å²) in [5.41, 5.74) is 5.40. The van der Waals surface area contributed by atoms with Crippen molar-refractivity contribution in [2.45, 2.75) is 32.9 Å². The summed E-state index contributed by atoms with van der Waals surface area (Å²) in [5.74, 6) is 0. The van der Waals surface area contributed by atoms with Gasteiger partial charge in [-0.25, -0.2) is 0 Å². The molecule has 1 nitrogen and oxygen atoms in total. The third-order valence-corrected chi connectivity index (χ3v) is 3.14. The monoisotopic (exact) mass is 213 g/mol. The molecular weight excluding hydrogens is 194 g/mol. The lowest BCUT2D eigenvalue weighted by Crippen LogP contribution is -2.27. The molecular formula is C15H19N. The first-order valence-electron chi connectivity index (χ1n) is 5.83. The van der Waals surface area contributed by atoms with Gasteiger partial charge in [0.05, 0.1) is 6.04 Å². The lowest BCUT2D eigenvalue weighted by atomic mass is 10.0. The first kappa shape index (κ1) is 11.2. The number of rotatable bonds is 3. The maximum Gasteiger partial charge on any atom is 0.0587 e. The molecule has 0 fully saturated rings. The molecule has 0 heterocycles. The van der Waals surface area contributed by atoms with E-state index in [1.807, 2.05) is 6.08 Å². The average molecular weight is 213 g/mol. The summed E-state index contributed by atoms with van der Waals surface area (Å²) >= 11 is 0. The third kappa shape index (κ3) is 1.72. The zero-order valence-electron chi connectivity index (χ0n) is 10.2. The summed E-state index contributed by atoms with van der Waals surface area (Å²) in [6.45, 7) is 10.5. The van der Waals surface area contributed by atoms with E-state index in [4.69, 9.17) is 0 Å². The summed E-state index contributed by atoms with van der Waals surface area (Å²) in [5, 5.41) is 3.60. The van der Waals surface area contributed by atoms with E-state index >= 15 is 0 Å². The molecule has 0 bridgehead atoms. The van der Waals surface area contributed by atoms with E-state index in [-0.39, 0.29) is 0 Å². The minimum Gasteiger partial charge on any atom is -0.304 e. The number of benzene rings is 1. The summed E-state index contributed by atoms with van der Waals surface area (Å²) in [4.78, 5) is 0. The van der Waals surface area contributed by atoms with E-state index in [0.717, 1.165) is 0 Å². The second-order valence-corrected chi connectivity index (χ2v) is 4.63. The second kappa shape index (κ2) is 4.26. The Kier molecular flexibility index (Phi) is 2.97. The zero-order valence-corrected chi connectivity index (χ0v) is 10.2. The molecule has 16 heavy (non-hydrogen) atoms. The largest absolute Gasteiger partial charge is 0.304 e. The SMILES string of the molecule is C=CC1=C(C)c2ccccc2C1NC(C)C. The Morgan fingerprint density at radius 2 is 2.00 bits per heavy atom. The first-order valence-corrected chi connectivity index (χ1v) is 5.83. The summed E-state index contributed by atoms with van der Waals surface area (Å²) < 4.78 is 0. The van der Waals surface area contributed by atoms with Crippen LogP contribution in [-0.4, -0.2) is 6.04 Å². The second-order valence-electron chi connectivity index (χ2n) is 4.63. The van der Waals surface area contributed by atoms with Gasteiger partial charge in [0.1, 0.15) is 0 Å². The highest BCUT2D eigenvalue weighted by Crippen LogP contribution is 2.40. The molecule has 1 atom stereocenters. The topological polar surface area (TPSA) is 12.0 Å². The fraction of sp³-hybridized carbons (Fsp3) is 0.333. The van der Waals surface area contributed by atoms with E-state index in [0.29, 0.717) is 12.1 Å². The van der Waals surface area contributed by atoms with Crippen molar-refractivity contribution < 1.29 is 0 Å². The molecule has 0 saturated carbocycles. The lowest BCUT2D eigenvalue weighted by Gasteiger charge is -2.19. The summed E-state index contributed by atoms with van der Waals surface area (Å²) in [7, 11) is 0. The van der Waals surface area contributed by atoms with Crippen LogP contribution in [0.15, 0.2) is 42.5 Å². The fourth-order valence-electron chi connectivity index (χ4n) is 2.41. The van der Waals surface area contributed by atoms with E-state index in [1.165, 1.54) is 22.3 Å². The van der Waals surface area contributed by atoms with Gasteiger partial charge < -0.3 is 5.32 Å². The smallest absolute Gasteiger partial charge is 0.0587 e. The van der Waals surface area contributed by atoms with Crippen LogP contribution in [0.4, 0.5) is 0 Å². The molecule has 2 rings (SSSR count). The molecule has 1 aliphatic rings. The molecule has 0 spiro atoms. The molecule has 1 aliphatic carbocycles. The van der Waals surface area contributed by atoms with Crippen LogP contribution in [-0.2, 0) is 0 Å². The highest BCUT2D eigenvalue weighted by atomic mass is 14.9. The van der Waals surface area contributed by atoms with Crippen molar-refractivity contribution in [3.05, 3.63) is 53.6 Å². The van der Waals surface area contributed by atoms with Gasteiger partial charge in [-0.1, -0.05) is 36.9 Å². The van der Waals surface area contributed by atoms with Crippen LogP contribution in [0, 0.1) is 0 Å². The average Bonchev–Trinajstić information content (AvgIpc) is 2.52. The van der Waals surface area contributed by atoms with Crippen LogP contribution in [0.1, 0.15) is 37.9 Å². The number of fused-ring (bicyclic) bond motifs is 1. The van der Waals surface area contributed by atoms with Gasteiger partial charge in [0.15, 0.2) is 0 Å². The maximum absolute atomic E-state index is 3.94. The van der Waals surface area contributed by atoms with Crippen LogP contribution >= 0.6 is 0 Å². The highest BCUT2D eigenvalue weighted by Gasteiger charge is 2.26. The van der Waals surface area contributed by atoms with Crippen molar-refractivity contribution in [3.63, 3.8) is 0 Å². The van der Waals surface area contributed by atoms with Crippen LogP contribution in [0.5, 0.6) is 0 Å². The van der Waals surface area contributed by atoms with Gasteiger partial charge in [0, 0.05) is 6.04 Å². The molecule has 0 aliphatic heterocycles. The van der Waals surface area contributed by atoms with Crippen molar-refractivity contribution in [3.8, 4) is 0 Å². The molecule has 0 radical (unpaired) electrons. The van der Waals surface area contributed by atoms with Gasteiger partial charge >= 0.3 is 0 Å². The van der Waals surface area contributed by atoms with Crippen molar-refractivity contribution >= 4 is 5.57 Å². The van der Waals surface area contributed by atoms with Gasteiger partial charge in [0.25, 0.3) is 0 Å². The number of nitrogens with one attached hydrogen (secondary N) is 1. The Hall–Kier alpha value is -1.34. The lowest BCUT2D eigenvalue weighted by molar-refractivity contribution is 0.533. The van der Waals surface area contributed by atoms with Gasteiger partial charge in [-0.05, 0) is 43.0 Å². The Bertz CT molecular complexity index is 441. The van der Waals surface area contributed by atoms with Crippen LogP contribution < -0.4 is 5.32 Å². The molecule has 0 amide bonds. The van der Waals surface area contributed by atoms with E-state index in [1.54, 1.807) is 0 Å². The van der Waals surface area contributed by atoms with E-state index in [2.05, 4.69) is 56.9 Å². The molecule has 0 aromatic heterocycles. The van der Waals surface area contributed by atoms with Gasteiger partial charge in [-0.2, -0.15) is 0 Å². The van der Waals surface area contributed by atoms with Gasteiger partial charge in [0.2, 0.25) is 0 Å². The molecule has 1 N–H and O–H groups in total. The van der Waals surface area contributed by atoms with Crippen molar-refractivity contribution in [1.29, 1.82) is 0 Å². The van der Waals surface area contributed by atoms with Crippen molar-refractivity contribution in [1.82, 2.24) is 5.32 Å². The van der Waals surface area contributed by atoms with E-state index in [9.17, 15) is 0 Å². The normalized spacial score (nSPS) is 19.1. The molecule has 84 valence electrons. The van der Waals surface area contributed by atoms with Crippen molar-refractivity contribution in [2.24, 2.45) is 0 Å².